The minimum atomic E-state index is -1.32. The van der Waals surface area contributed by atoms with E-state index >= 15 is 0 Å². The van der Waals surface area contributed by atoms with E-state index in [9.17, 15) is 14.4 Å². The first-order valence-corrected chi connectivity index (χ1v) is 6.91. The summed E-state index contributed by atoms with van der Waals surface area (Å²) in [6, 6.07) is 8.66. The zero-order chi connectivity index (χ0) is 16.8. The van der Waals surface area contributed by atoms with Gasteiger partial charge < -0.3 is 9.47 Å². The van der Waals surface area contributed by atoms with Gasteiger partial charge in [0, 0.05) is 12.5 Å². The van der Waals surface area contributed by atoms with E-state index in [4.69, 9.17) is 16.3 Å². The molecule has 5 nitrogen and oxygen atoms in total. The largest absolute Gasteiger partial charge is 0.460 e. The van der Waals surface area contributed by atoms with Gasteiger partial charge >= 0.3 is 17.9 Å². The van der Waals surface area contributed by atoms with Crippen molar-refractivity contribution >= 4 is 29.5 Å². The predicted molar refractivity (Wildman–Crippen MR) is 81.1 cm³/mol. The van der Waals surface area contributed by atoms with Crippen molar-refractivity contribution in [1.29, 1.82) is 0 Å². The number of hydrogen-bond acceptors (Lipinski definition) is 5. The Morgan fingerprint density at radius 1 is 1.18 bits per heavy atom. The first-order chi connectivity index (χ1) is 10.2. The van der Waals surface area contributed by atoms with Crippen LogP contribution in [0.2, 0.25) is 0 Å². The van der Waals surface area contributed by atoms with Crippen molar-refractivity contribution in [3.8, 4) is 0 Å². The molecule has 1 rings (SSSR count). The minimum Gasteiger partial charge on any atom is -0.460 e. The van der Waals surface area contributed by atoms with Gasteiger partial charge in [0.15, 0.2) is 0 Å². The van der Waals surface area contributed by atoms with Crippen LogP contribution in [-0.2, 0) is 28.7 Å². The third-order valence-electron chi connectivity index (χ3n) is 2.75. The number of carbonyl (C=O) groups is 3. The van der Waals surface area contributed by atoms with Crippen LogP contribution in [0.15, 0.2) is 42.5 Å². The highest BCUT2D eigenvalue weighted by atomic mass is 35.5. The number of ether oxygens (including phenoxy) is 2. The molecule has 0 saturated carbocycles. The van der Waals surface area contributed by atoms with Gasteiger partial charge in [-0.1, -0.05) is 36.9 Å². The summed E-state index contributed by atoms with van der Waals surface area (Å²) >= 11 is 6.47. The maximum Gasteiger partial charge on any atom is 0.333 e. The van der Waals surface area contributed by atoms with Gasteiger partial charge in [0.25, 0.3) is 0 Å². The van der Waals surface area contributed by atoms with Gasteiger partial charge in [0.2, 0.25) is 0 Å². The van der Waals surface area contributed by atoms with Crippen molar-refractivity contribution in [3.05, 3.63) is 48.0 Å². The summed E-state index contributed by atoms with van der Waals surface area (Å²) in [4.78, 5) is 32.8. The maximum atomic E-state index is 11.7. The lowest BCUT2D eigenvalue weighted by Gasteiger charge is -2.26. The van der Waals surface area contributed by atoms with E-state index in [1.54, 1.807) is 30.3 Å². The van der Waals surface area contributed by atoms with E-state index < -0.39 is 22.8 Å². The fraction of sp³-hybridized carbons (Fsp3) is 0.312. The number of rotatable bonds is 6. The number of halogens is 1. The van der Waals surface area contributed by atoms with Crippen LogP contribution in [0.3, 0.4) is 0 Å². The summed E-state index contributed by atoms with van der Waals surface area (Å²) < 4.78 is 9.57. The van der Waals surface area contributed by atoms with Gasteiger partial charge in [-0.05, 0) is 12.5 Å². The Morgan fingerprint density at radius 3 is 2.27 bits per heavy atom. The second kappa shape index (κ2) is 7.75. The molecule has 1 aromatic rings. The SMILES string of the molecule is C=C(C)C(=O)OCC(Cl)(CC(=O)OC(C)=O)c1ccccc1. The van der Waals surface area contributed by atoms with Crippen molar-refractivity contribution < 1.29 is 23.9 Å². The summed E-state index contributed by atoms with van der Waals surface area (Å²) in [5, 5.41) is 0. The first kappa shape index (κ1) is 17.9. The van der Waals surface area contributed by atoms with Crippen LogP contribution >= 0.6 is 11.6 Å². The van der Waals surface area contributed by atoms with Gasteiger partial charge in [-0.2, -0.15) is 0 Å². The summed E-state index contributed by atoms with van der Waals surface area (Å²) in [7, 11) is 0. The van der Waals surface area contributed by atoms with Crippen LogP contribution in [0.5, 0.6) is 0 Å². The fourth-order valence-corrected chi connectivity index (χ4v) is 1.99. The number of benzene rings is 1. The molecule has 1 aromatic carbocycles. The van der Waals surface area contributed by atoms with Crippen LogP contribution in [0, 0.1) is 0 Å². The molecule has 1 unspecified atom stereocenters. The summed E-state index contributed by atoms with van der Waals surface area (Å²) in [5.41, 5.74) is 0.796. The Hall–Kier alpha value is -2.14. The maximum absolute atomic E-state index is 11.7. The fourth-order valence-electron chi connectivity index (χ4n) is 1.70. The Labute approximate surface area is 133 Å². The molecule has 0 heterocycles. The Kier molecular flexibility index (Phi) is 6.31. The van der Waals surface area contributed by atoms with E-state index in [1.807, 2.05) is 0 Å². The molecule has 0 aliphatic carbocycles. The summed E-state index contributed by atoms with van der Waals surface area (Å²) in [5.74, 6) is -2.13. The van der Waals surface area contributed by atoms with Crippen molar-refractivity contribution in [2.24, 2.45) is 0 Å². The topological polar surface area (TPSA) is 69.7 Å². The number of alkyl halides is 1. The van der Waals surface area contributed by atoms with Crippen LogP contribution in [0.25, 0.3) is 0 Å². The molecule has 0 aliphatic rings. The molecule has 0 amide bonds. The summed E-state index contributed by atoms with van der Waals surface area (Å²) in [6.07, 6.45) is -0.318. The predicted octanol–water partition coefficient (Wildman–Crippen LogP) is 2.72. The number of esters is 3. The number of hydrogen-bond donors (Lipinski definition) is 0. The van der Waals surface area contributed by atoms with E-state index in [0.717, 1.165) is 6.92 Å². The second-order valence-corrected chi connectivity index (χ2v) is 5.55. The number of carbonyl (C=O) groups excluding carboxylic acids is 3. The van der Waals surface area contributed by atoms with Gasteiger partial charge in [-0.3, -0.25) is 9.59 Å². The van der Waals surface area contributed by atoms with Crippen molar-refractivity contribution in [2.45, 2.75) is 25.1 Å². The summed E-state index contributed by atoms with van der Waals surface area (Å²) in [6.45, 7) is 5.85. The molecule has 0 aromatic heterocycles. The highest BCUT2D eigenvalue weighted by molar-refractivity contribution is 6.25. The van der Waals surface area contributed by atoms with Gasteiger partial charge in [-0.25, -0.2) is 4.79 Å². The van der Waals surface area contributed by atoms with Crippen LogP contribution in [0.1, 0.15) is 25.8 Å². The zero-order valence-corrected chi connectivity index (χ0v) is 13.2. The quantitative estimate of drug-likeness (QED) is 0.348. The van der Waals surface area contributed by atoms with Crippen molar-refractivity contribution in [2.75, 3.05) is 6.61 Å². The lowest BCUT2D eigenvalue weighted by atomic mass is 9.95. The van der Waals surface area contributed by atoms with E-state index in [-0.39, 0.29) is 18.6 Å². The van der Waals surface area contributed by atoms with Gasteiger partial charge in [0.05, 0.1) is 6.42 Å². The van der Waals surface area contributed by atoms with E-state index in [2.05, 4.69) is 11.3 Å². The van der Waals surface area contributed by atoms with Crippen molar-refractivity contribution in [3.63, 3.8) is 0 Å². The van der Waals surface area contributed by atoms with E-state index in [1.165, 1.54) is 6.92 Å². The zero-order valence-electron chi connectivity index (χ0n) is 12.4. The van der Waals surface area contributed by atoms with Gasteiger partial charge in [-0.15, -0.1) is 11.6 Å². The molecule has 0 saturated heterocycles. The van der Waals surface area contributed by atoms with Crippen LogP contribution in [-0.4, -0.2) is 24.5 Å². The first-order valence-electron chi connectivity index (χ1n) is 6.53. The average molecular weight is 325 g/mol. The lowest BCUT2D eigenvalue weighted by molar-refractivity contribution is -0.159. The molecule has 1 atom stereocenters. The highest BCUT2D eigenvalue weighted by Crippen LogP contribution is 2.34. The molecule has 0 aliphatic heterocycles. The molecular weight excluding hydrogens is 308 g/mol. The third kappa shape index (κ3) is 5.33. The third-order valence-corrected chi connectivity index (χ3v) is 3.21. The Balaban J connectivity index is 2.94. The monoisotopic (exact) mass is 324 g/mol. The molecule has 22 heavy (non-hydrogen) atoms. The Bertz CT molecular complexity index is 581. The molecule has 0 bridgehead atoms. The molecule has 6 heteroatoms. The normalized spacial score (nSPS) is 12.9. The van der Waals surface area contributed by atoms with Crippen molar-refractivity contribution in [1.82, 2.24) is 0 Å². The molecule has 118 valence electrons. The Morgan fingerprint density at radius 2 is 1.77 bits per heavy atom. The van der Waals surface area contributed by atoms with Gasteiger partial charge in [0.1, 0.15) is 11.5 Å². The lowest BCUT2D eigenvalue weighted by Crippen LogP contribution is -2.31. The molecule has 0 radical (unpaired) electrons. The smallest absolute Gasteiger partial charge is 0.333 e. The molecular formula is C16H17ClO5. The van der Waals surface area contributed by atoms with Crippen LogP contribution < -0.4 is 0 Å². The molecule has 0 fully saturated rings. The van der Waals surface area contributed by atoms with Crippen LogP contribution in [0.4, 0.5) is 0 Å². The van der Waals surface area contributed by atoms with E-state index in [0.29, 0.717) is 5.56 Å². The molecule has 0 spiro atoms. The average Bonchev–Trinajstić information content (AvgIpc) is 2.44. The standard InChI is InChI=1S/C16H17ClO5/c1-11(2)15(20)21-10-16(17,9-14(19)22-12(3)18)13-7-5-4-6-8-13/h4-8H,1,9-10H2,2-3H3. The second-order valence-electron chi connectivity index (χ2n) is 4.83. The molecule has 0 N–H and O–H groups in total. The minimum absolute atomic E-state index is 0.221. The highest BCUT2D eigenvalue weighted by Gasteiger charge is 2.35.